The highest BCUT2D eigenvalue weighted by Gasteiger charge is 2.04. The zero-order valence-corrected chi connectivity index (χ0v) is 15.5. The standard InChI is InChI=1S/C21H17N3O2S/c1-14-23-18(13-27-14)16-8-6-15(7-9-16)12-22-20(25)10-11-21-24-17-4-2-3-5-19(17)26-21/h2-11,13H,12H2,1H3,(H,22,25)/b11-10+. The van der Waals surface area contributed by atoms with Crippen LogP contribution in [-0.2, 0) is 11.3 Å². The molecule has 4 aromatic rings. The Balaban J connectivity index is 1.34. The molecule has 5 nitrogen and oxygen atoms in total. The maximum absolute atomic E-state index is 12.0. The van der Waals surface area contributed by atoms with E-state index in [1.807, 2.05) is 60.8 Å². The number of oxazole rings is 1. The lowest BCUT2D eigenvalue weighted by molar-refractivity contribution is -0.116. The first-order valence-electron chi connectivity index (χ1n) is 8.50. The van der Waals surface area contributed by atoms with Gasteiger partial charge >= 0.3 is 0 Å². The van der Waals surface area contributed by atoms with Gasteiger partial charge in [0.1, 0.15) is 5.52 Å². The molecular weight excluding hydrogens is 358 g/mol. The molecule has 6 heteroatoms. The largest absolute Gasteiger partial charge is 0.437 e. The van der Waals surface area contributed by atoms with E-state index in [-0.39, 0.29) is 5.91 Å². The summed E-state index contributed by atoms with van der Waals surface area (Å²) in [6.07, 6.45) is 3.00. The van der Waals surface area contributed by atoms with Crippen LogP contribution in [0, 0.1) is 6.92 Å². The van der Waals surface area contributed by atoms with Crippen molar-refractivity contribution < 1.29 is 9.21 Å². The minimum absolute atomic E-state index is 0.198. The summed E-state index contributed by atoms with van der Waals surface area (Å²) in [6.45, 7) is 2.44. The lowest BCUT2D eigenvalue weighted by Crippen LogP contribution is -2.20. The van der Waals surface area contributed by atoms with Gasteiger partial charge in [-0.1, -0.05) is 36.4 Å². The summed E-state index contributed by atoms with van der Waals surface area (Å²) in [4.78, 5) is 20.8. The topological polar surface area (TPSA) is 68.0 Å². The summed E-state index contributed by atoms with van der Waals surface area (Å²) in [5.41, 5.74) is 4.55. The van der Waals surface area contributed by atoms with Crippen molar-refractivity contribution in [3.63, 3.8) is 0 Å². The smallest absolute Gasteiger partial charge is 0.244 e. The van der Waals surface area contributed by atoms with Crippen LogP contribution in [0.5, 0.6) is 0 Å². The molecule has 0 radical (unpaired) electrons. The number of carbonyl (C=O) groups excluding carboxylic acids is 1. The Morgan fingerprint density at radius 1 is 1.15 bits per heavy atom. The van der Waals surface area contributed by atoms with Crippen LogP contribution in [0.2, 0.25) is 0 Å². The molecule has 1 N–H and O–H groups in total. The molecule has 0 aliphatic carbocycles. The van der Waals surface area contributed by atoms with Gasteiger partial charge in [0.05, 0.1) is 10.7 Å². The highest BCUT2D eigenvalue weighted by molar-refractivity contribution is 7.09. The molecule has 0 spiro atoms. The molecule has 0 aliphatic rings. The Hall–Kier alpha value is -3.25. The van der Waals surface area contributed by atoms with Gasteiger partial charge in [-0.05, 0) is 24.6 Å². The number of aryl methyl sites for hydroxylation is 1. The monoisotopic (exact) mass is 375 g/mol. The molecule has 0 fully saturated rings. The fourth-order valence-corrected chi connectivity index (χ4v) is 3.27. The minimum atomic E-state index is -0.198. The van der Waals surface area contributed by atoms with Crippen LogP contribution in [0.3, 0.4) is 0 Å². The fraction of sp³-hybridized carbons (Fsp3) is 0.0952. The number of hydrogen-bond donors (Lipinski definition) is 1. The molecule has 1 amide bonds. The molecule has 0 aliphatic heterocycles. The maximum Gasteiger partial charge on any atom is 0.244 e. The average Bonchev–Trinajstić information content (AvgIpc) is 3.31. The van der Waals surface area contributed by atoms with Crippen LogP contribution in [0.25, 0.3) is 28.4 Å². The Morgan fingerprint density at radius 3 is 2.70 bits per heavy atom. The quantitative estimate of drug-likeness (QED) is 0.518. The van der Waals surface area contributed by atoms with E-state index in [0.29, 0.717) is 18.0 Å². The molecule has 134 valence electrons. The molecule has 2 heterocycles. The van der Waals surface area contributed by atoms with E-state index >= 15 is 0 Å². The van der Waals surface area contributed by atoms with Gasteiger partial charge in [0.15, 0.2) is 5.58 Å². The molecule has 4 rings (SSSR count). The van der Waals surface area contributed by atoms with Gasteiger partial charge < -0.3 is 9.73 Å². The molecule has 0 bridgehead atoms. The van der Waals surface area contributed by atoms with E-state index in [9.17, 15) is 4.79 Å². The van der Waals surface area contributed by atoms with Crippen molar-refractivity contribution in [2.45, 2.75) is 13.5 Å². The summed E-state index contributed by atoms with van der Waals surface area (Å²) >= 11 is 1.63. The first kappa shape index (κ1) is 17.2. The predicted octanol–water partition coefficient (Wildman–Crippen LogP) is 4.59. The van der Waals surface area contributed by atoms with E-state index in [1.54, 1.807) is 17.4 Å². The summed E-state index contributed by atoms with van der Waals surface area (Å²) in [5.74, 6) is 0.214. The van der Waals surface area contributed by atoms with E-state index in [2.05, 4.69) is 15.3 Å². The lowest BCUT2D eigenvalue weighted by atomic mass is 10.1. The van der Waals surface area contributed by atoms with Crippen molar-refractivity contribution in [2.24, 2.45) is 0 Å². The number of amides is 1. The third-order valence-corrected chi connectivity index (χ3v) is 4.80. The van der Waals surface area contributed by atoms with Crippen LogP contribution in [0.15, 0.2) is 64.4 Å². The van der Waals surface area contributed by atoms with E-state index in [4.69, 9.17) is 4.42 Å². The number of benzene rings is 2. The molecule has 0 atom stereocenters. The Labute approximate surface area is 160 Å². The maximum atomic E-state index is 12.0. The Kier molecular flexibility index (Phi) is 4.80. The van der Waals surface area contributed by atoms with Crippen LogP contribution >= 0.6 is 11.3 Å². The van der Waals surface area contributed by atoms with Crippen molar-refractivity contribution in [1.82, 2.24) is 15.3 Å². The van der Waals surface area contributed by atoms with Crippen LogP contribution in [0.4, 0.5) is 0 Å². The van der Waals surface area contributed by atoms with Gasteiger partial charge in [0, 0.05) is 29.6 Å². The van der Waals surface area contributed by atoms with E-state index in [0.717, 1.165) is 27.3 Å². The zero-order chi connectivity index (χ0) is 18.6. The summed E-state index contributed by atoms with van der Waals surface area (Å²) in [5, 5.41) is 5.95. The molecular formula is C21H17N3O2S. The van der Waals surface area contributed by atoms with Gasteiger partial charge in [-0.2, -0.15) is 0 Å². The minimum Gasteiger partial charge on any atom is -0.437 e. The predicted molar refractivity (Wildman–Crippen MR) is 107 cm³/mol. The first-order chi connectivity index (χ1) is 13.2. The number of thiazole rings is 1. The molecule has 2 aromatic carbocycles. The zero-order valence-electron chi connectivity index (χ0n) is 14.7. The number of rotatable bonds is 5. The van der Waals surface area contributed by atoms with Crippen molar-refractivity contribution >= 4 is 34.4 Å². The number of aromatic nitrogens is 2. The number of nitrogens with zero attached hydrogens (tertiary/aromatic N) is 2. The second-order valence-electron chi connectivity index (χ2n) is 6.02. The van der Waals surface area contributed by atoms with Gasteiger partial charge in [0.2, 0.25) is 11.8 Å². The molecule has 2 aromatic heterocycles. The molecule has 27 heavy (non-hydrogen) atoms. The number of hydrogen-bond acceptors (Lipinski definition) is 5. The Bertz CT molecular complexity index is 1080. The highest BCUT2D eigenvalue weighted by Crippen LogP contribution is 2.21. The molecule has 0 unspecified atom stereocenters. The number of nitrogens with one attached hydrogen (secondary N) is 1. The molecule has 0 saturated heterocycles. The van der Waals surface area contributed by atoms with Crippen LogP contribution in [-0.4, -0.2) is 15.9 Å². The fourth-order valence-electron chi connectivity index (χ4n) is 2.65. The van der Waals surface area contributed by atoms with Gasteiger partial charge in [-0.3, -0.25) is 4.79 Å². The van der Waals surface area contributed by atoms with Gasteiger partial charge in [0.25, 0.3) is 0 Å². The van der Waals surface area contributed by atoms with Gasteiger partial charge in [-0.25, -0.2) is 9.97 Å². The van der Waals surface area contributed by atoms with E-state index in [1.165, 1.54) is 6.08 Å². The first-order valence-corrected chi connectivity index (χ1v) is 9.38. The van der Waals surface area contributed by atoms with Crippen molar-refractivity contribution in [3.8, 4) is 11.3 Å². The number of para-hydroxylation sites is 2. The second kappa shape index (κ2) is 7.55. The van der Waals surface area contributed by atoms with Crippen LogP contribution < -0.4 is 5.32 Å². The van der Waals surface area contributed by atoms with Crippen LogP contribution in [0.1, 0.15) is 16.5 Å². The van der Waals surface area contributed by atoms with E-state index < -0.39 is 0 Å². The third-order valence-electron chi connectivity index (χ3n) is 4.02. The van der Waals surface area contributed by atoms with Crippen molar-refractivity contribution in [3.05, 3.63) is 76.4 Å². The average molecular weight is 375 g/mol. The molecule has 0 saturated carbocycles. The second-order valence-corrected chi connectivity index (χ2v) is 7.08. The number of carbonyl (C=O) groups is 1. The van der Waals surface area contributed by atoms with Crippen molar-refractivity contribution in [1.29, 1.82) is 0 Å². The normalized spacial score (nSPS) is 11.3. The Morgan fingerprint density at radius 2 is 1.96 bits per heavy atom. The van der Waals surface area contributed by atoms with Crippen molar-refractivity contribution in [2.75, 3.05) is 0 Å². The third kappa shape index (κ3) is 4.12. The summed E-state index contributed by atoms with van der Waals surface area (Å²) in [7, 11) is 0. The highest BCUT2D eigenvalue weighted by atomic mass is 32.1. The van der Waals surface area contributed by atoms with Gasteiger partial charge in [-0.15, -0.1) is 11.3 Å². The lowest BCUT2D eigenvalue weighted by Gasteiger charge is -2.03. The number of fused-ring (bicyclic) bond motifs is 1. The summed E-state index contributed by atoms with van der Waals surface area (Å²) in [6, 6.07) is 15.5. The SMILES string of the molecule is Cc1nc(-c2ccc(CNC(=O)/C=C/c3nc4ccccc4o3)cc2)cs1. The summed E-state index contributed by atoms with van der Waals surface area (Å²) < 4.78 is 5.56.